The van der Waals surface area contributed by atoms with E-state index in [9.17, 15) is 0 Å². The maximum absolute atomic E-state index is 9.01. The van der Waals surface area contributed by atoms with Crippen molar-refractivity contribution in [2.75, 3.05) is 18.0 Å². The van der Waals surface area contributed by atoms with Crippen molar-refractivity contribution in [1.82, 2.24) is 4.98 Å². The topological polar surface area (TPSA) is 74.7 Å². The van der Waals surface area contributed by atoms with Crippen molar-refractivity contribution in [3.8, 4) is 0 Å². The van der Waals surface area contributed by atoms with Crippen molar-refractivity contribution < 1.29 is 5.21 Å². The number of rotatable bonds is 5. The molecular formula is C16H22N4O. The molecule has 2 aromatic rings. The van der Waals surface area contributed by atoms with Crippen LogP contribution in [0.5, 0.6) is 0 Å². The van der Waals surface area contributed by atoms with Crippen molar-refractivity contribution >= 4 is 22.6 Å². The Bertz CT molecular complexity index is 652. The van der Waals surface area contributed by atoms with Crippen LogP contribution in [0.3, 0.4) is 0 Å². The number of hydrogen-bond acceptors (Lipinski definition) is 4. The van der Waals surface area contributed by atoms with E-state index in [2.05, 4.69) is 30.8 Å². The van der Waals surface area contributed by atoms with E-state index in [-0.39, 0.29) is 5.84 Å². The van der Waals surface area contributed by atoms with Crippen LogP contribution in [0.25, 0.3) is 10.9 Å². The largest absolute Gasteiger partial charge is 0.409 e. The number of nitrogens with two attached hydrogens (primary N) is 1. The Morgan fingerprint density at radius 2 is 2.10 bits per heavy atom. The highest BCUT2D eigenvalue weighted by Crippen LogP contribution is 2.23. The number of oxime groups is 1. The molecule has 0 amide bonds. The molecule has 1 aromatic carbocycles. The number of benzene rings is 1. The predicted octanol–water partition coefficient (Wildman–Crippen LogP) is 2.81. The number of hydrogen-bond donors (Lipinski definition) is 2. The summed E-state index contributed by atoms with van der Waals surface area (Å²) in [4.78, 5) is 6.91. The quantitative estimate of drug-likeness (QED) is 0.383. The fourth-order valence-corrected chi connectivity index (χ4v) is 2.41. The van der Waals surface area contributed by atoms with Gasteiger partial charge in [-0.1, -0.05) is 37.2 Å². The molecule has 0 aliphatic carbocycles. The van der Waals surface area contributed by atoms with Crippen molar-refractivity contribution in [1.29, 1.82) is 0 Å². The van der Waals surface area contributed by atoms with Crippen LogP contribution < -0.4 is 10.6 Å². The number of nitrogens with zero attached hydrogens (tertiary/aromatic N) is 3. The summed E-state index contributed by atoms with van der Waals surface area (Å²) in [5.41, 5.74) is 7.38. The zero-order valence-electron chi connectivity index (χ0n) is 12.7. The summed E-state index contributed by atoms with van der Waals surface area (Å²) in [6.45, 7) is 8.22. The number of fused-ring (bicyclic) bond motifs is 1. The van der Waals surface area contributed by atoms with E-state index in [1.54, 1.807) is 0 Å². The Morgan fingerprint density at radius 1 is 1.38 bits per heavy atom. The van der Waals surface area contributed by atoms with E-state index in [4.69, 9.17) is 15.9 Å². The Hall–Kier alpha value is -2.30. The van der Waals surface area contributed by atoms with Gasteiger partial charge in [0.05, 0.1) is 5.52 Å². The first-order valence-corrected chi connectivity index (χ1v) is 7.19. The van der Waals surface area contributed by atoms with Crippen molar-refractivity contribution in [2.45, 2.75) is 20.8 Å². The lowest BCUT2D eigenvalue weighted by Gasteiger charge is -2.25. The number of pyridine rings is 1. The molecular weight excluding hydrogens is 264 g/mol. The second-order valence-electron chi connectivity index (χ2n) is 5.46. The molecule has 5 nitrogen and oxygen atoms in total. The van der Waals surface area contributed by atoms with Crippen LogP contribution in [-0.4, -0.2) is 29.1 Å². The smallest absolute Gasteiger partial charge is 0.170 e. The standard InChI is InChI=1S/C16H22N4O/c1-4-20(10-11(2)3)15-9-13(16(17)19-21)12-7-5-6-8-14(12)18-15/h5-9,11,21H,4,10H2,1-3H3,(H2,17,19). The van der Waals surface area contributed by atoms with Crippen molar-refractivity contribution in [2.24, 2.45) is 16.8 Å². The maximum atomic E-state index is 9.01. The van der Waals surface area contributed by atoms with Crippen LogP contribution >= 0.6 is 0 Å². The third kappa shape index (κ3) is 3.24. The summed E-state index contributed by atoms with van der Waals surface area (Å²) in [5.74, 6) is 1.49. The lowest BCUT2D eigenvalue weighted by molar-refractivity contribution is 0.318. The van der Waals surface area contributed by atoms with E-state index in [1.165, 1.54) is 0 Å². The third-order valence-electron chi connectivity index (χ3n) is 3.38. The Balaban J connectivity index is 2.60. The summed E-state index contributed by atoms with van der Waals surface area (Å²) in [6, 6.07) is 9.62. The van der Waals surface area contributed by atoms with Crippen molar-refractivity contribution in [3.63, 3.8) is 0 Å². The number of amidine groups is 1. The number of anilines is 1. The van der Waals surface area contributed by atoms with Gasteiger partial charge in [0.2, 0.25) is 0 Å². The molecule has 21 heavy (non-hydrogen) atoms. The summed E-state index contributed by atoms with van der Waals surface area (Å²) in [7, 11) is 0. The number of para-hydroxylation sites is 1. The molecule has 2 rings (SSSR count). The van der Waals surface area contributed by atoms with Gasteiger partial charge in [-0.05, 0) is 25.0 Å². The van der Waals surface area contributed by atoms with Crippen LogP contribution in [0.2, 0.25) is 0 Å². The van der Waals surface area contributed by atoms with Crippen LogP contribution in [0.4, 0.5) is 5.82 Å². The maximum Gasteiger partial charge on any atom is 0.170 e. The van der Waals surface area contributed by atoms with Gasteiger partial charge in [0.15, 0.2) is 5.84 Å². The molecule has 0 atom stereocenters. The van der Waals surface area contributed by atoms with Gasteiger partial charge in [-0.3, -0.25) is 0 Å². The number of aromatic nitrogens is 1. The Labute approximate surface area is 125 Å². The molecule has 1 heterocycles. The molecule has 0 aliphatic heterocycles. The van der Waals surface area contributed by atoms with Gasteiger partial charge in [-0.25, -0.2) is 4.98 Å². The monoisotopic (exact) mass is 286 g/mol. The SMILES string of the molecule is CCN(CC(C)C)c1cc(C(N)=NO)c2ccccc2n1. The second kappa shape index (κ2) is 6.43. The lowest BCUT2D eigenvalue weighted by atomic mass is 10.1. The molecule has 0 saturated carbocycles. The summed E-state index contributed by atoms with van der Waals surface area (Å²) in [6.07, 6.45) is 0. The first-order chi connectivity index (χ1) is 10.1. The minimum atomic E-state index is 0.107. The average molecular weight is 286 g/mol. The summed E-state index contributed by atoms with van der Waals surface area (Å²) >= 11 is 0. The molecule has 0 aliphatic rings. The molecule has 112 valence electrons. The zero-order chi connectivity index (χ0) is 15.4. The van der Waals surface area contributed by atoms with E-state index in [0.29, 0.717) is 11.5 Å². The van der Waals surface area contributed by atoms with E-state index < -0.39 is 0 Å². The highest BCUT2D eigenvalue weighted by molar-refractivity contribution is 6.08. The van der Waals surface area contributed by atoms with Crippen LogP contribution in [0.1, 0.15) is 26.3 Å². The molecule has 0 bridgehead atoms. The fraction of sp³-hybridized carbons (Fsp3) is 0.375. The molecule has 0 saturated heterocycles. The normalized spacial score (nSPS) is 12.1. The van der Waals surface area contributed by atoms with Crippen LogP contribution in [0.15, 0.2) is 35.5 Å². The van der Waals surface area contributed by atoms with Gasteiger partial charge in [0.25, 0.3) is 0 Å². The average Bonchev–Trinajstić information content (AvgIpc) is 2.50. The van der Waals surface area contributed by atoms with Crippen molar-refractivity contribution in [3.05, 3.63) is 35.9 Å². The first-order valence-electron chi connectivity index (χ1n) is 7.19. The molecule has 0 fully saturated rings. The van der Waals surface area contributed by atoms with E-state index in [1.807, 2.05) is 30.3 Å². The first kappa shape index (κ1) is 15.1. The van der Waals surface area contributed by atoms with E-state index in [0.717, 1.165) is 29.8 Å². The fourth-order valence-electron chi connectivity index (χ4n) is 2.41. The second-order valence-corrected chi connectivity index (χ2v) is 5.46. The summed E-state index contributed by atoms with van der Waals surface area (Å²) in [5, 5.41) is 13.0. The van der Waals surface area contributed by atoms with Gasteiger partial charge in [0.1, 0.15) is 5.82 Å². The minimum Gasteiger partial charge on any atom is -0.409 e. The highest BCUT2D eigenvalue weighted by atomic mass is 16.4. The van der Waals surface area contributed by atoms with Crippen LogP contribution in [0, 0.1) is 5.92 Å². The van der Waals surface area contributed by atoms with Gasteiger partial charge >= 0.3 is 0 Å². The third-order valence-corrected chi connectivity index (χ3v) is 3.38. The summed E-state index contributed by atoms with van der Waals surface area (Å²) < 4.78 is 0. The zero-order valence-corrected chi connectivity index (χ0v) is 12.7. The Morgan fingerprint density at radius 3 is 2.71 bits per heavy atom. The van der Waals surface area contributed by atoms with Crippen LogP contribution in [-0.2, 0) is 0 Å². The van der Waals surface area contributed by atoms with Gasteiger partial charge in [-0.2, -0.15) is 0 Å². The van der Waals surface area contributed by atoms with Gasteiger partial charge in [0, 0.05) is 24.0 Å². The predicted molar refractivity (Wildman–Crippen MR) is 87.0 cm³/mol. The van der Waals surface area contributed by atoms with Gasteiger partial charge in [-0.15, -0.1) is 0 Å². The lowest BCUT2D eigenvalue weighted by Crippen LogP contribution is -2.28. The minimum absolute atomic E-state index is 0.107. The van der Waals surface area contributed by atoms with Gasteiger partial charge < -0.3 is 15.8 Å². The molecule has 0 unspecified atom stereocenters. The molecule has 0 spiro atoms. The molecule has 3 N–H and O–H groups in total. The molecule has 5 heteroatoms. The highest BCUT2D eigenvalue weighted by Gasteiger charge is 2.14. The molecule has 1 aromatic heterocycles. The Kier molecular flexibility index (Phi) is 4.62. The van der Waals surface area contributed by atoms with E-state index >= 15 is 0 Å². The molecule has 0 radical (unpaired) electrons.